The number of para-hydroxylation sites is 2. The van der Waals surface area contributed by atoms with Crippen LogP contribution in [0.4, 0.5) is 5.69 Å². The fourth-order valence-corrected chi connectivity index (χ4v) is 1.51. The van der Waals surface area contributed by atoms with E-state index in [0.717, 1.165) is 0 Å². The third kappa shape index (κ3) is 2.90. The number of nitriles is 1. The molecular weight excluding hydrogens is 246 g/mol. The fourth-order valence-electron chi connectivity index (χ4n) is 1.51. The highest BCUT2D eigenvalue weighted by Gasteiger charge is 2.14. The van der Waals surface area contributed by atoms with E-state index in [1.54, 1.807) is 31.2 Å². The van der Waals surface area contributed by atoms with Gasteiger partial charge in [-0.2, -0.15) is 5.26 Å². The van der Waals surface area contributed by atoms with E-state index in [9.17, 15) is 4.79 Å². The minimum atomic E-state index is -0.341. The predicted octanol–water partition coefficient (Wildman–Crippen LogP) is 2.14. The van der Waals surface area contributed by atoms with Gasteiger partial charge in [-0.15, -0.1) is 0 Å². The van der Waals surface area contributed by atoms with Crippen molar-refractivity contribution in [3.8, 4) is 11.8 Å². The average molecular weight is 257 g/mol. The molecule has 1 aromatic heterocycles. The molecule has 0 spiro atoms. The largest absolute Gasteiger partial charge is 0.477 e. The Labute approximate surface area is 109 Å². The summed E-state index contributed by atoms with van der Waals surface area (Å²) in [6.45, 7) is 1.57. The smallest absolute Gasteiger partial charge is 0.260 e. The van der Waals surface area contributed by atoms with Crippen molar-refractivity contribution in [2.45, 2.75) is 6.92 Å². The van der Waals surface area contributed by atoms with Crippen molar-refractivity contribution in [3.63, 3.8) is 0 Å². The van der Waals surface area contributed by atoms with E-state index >= 15 is 0 Å². The van der Waals surface area contributed by atoms with E-state index in [2.05, 4.69) is 10.5 Å². The predicted molar refractivity (Wildman–Crippen MR) is 66.7 cm³/mol. The number of amides is 1. The number of ether oxygens (including phenoxy) is 1. The van der Waals surface area contributed by atoms with E-state index in [4.69, 9.17) is 14.5 Å². The number of hydrogen-bond donors (Lipinski definition) is 1. The first-order valence-corrected chi connectivity index (χ1v) is 5.54. The summed E-state index contributed by atoms with van der Waals surface area (Å²) in [5, 5.41) is 14.7. The van der Waals surface area contributed by atoms with Gasteiger partial charge in [-0.1, -0.05) is 17.3 Å². The van der Waals surface area contributed by atoms with Crippen LogP contribution in [-0.2, 0) is 0 Å². The van der Waals surface area contributed by atoms with E-state index in [1.807, 2.05) is 6.07 Å². The van der Waals surface area contributed by atoms with Crippen molar-refractivity contribution in [2.75, 3.05) is 11.9 Å². The number of carbonyl (C=O) groups excluding carboxylic acids is 1. The second-order valence-corrected chi connectivity index (χ2v) is 3.69. The molecule has 2 aromatic rings. The minimum Gasteiger partial charge on any atom is -0.477 e. The van der Waals surface area contributed by atoms with Crippen LogP contribution in [0, 0.1) is 18.3 Å². The van der Waals surface area contributed by atoms with Gasteiger partial charge in [0.25, 0.3) is 5.91 Å². The summed E-state index contributed by atoms with van der Waals surface area (Å²) in [7, 11) is 0. The van der Waals surface area contributed by atoms with Crippen LogP contribution >= 0.6 is 0 Å². The Balaban J connectivity index is 2.17. The first-order chi connectivity index (χ1) is 9.22. The minimum absolute atomic E-state index is 0.0841. The summed E-state index contributed by atoms with van der Waals surface area (Å²) in [6, 6.07) is 8.75. The van der Waals surface area contributed by atoms with Crippen molar-refractivity contribution in [3.05, 3.63) is 41.8 Å². The Bertz CT molecular complexity index is 628. The molecule has 0 saturated heterocycles. The van der Waals surface area contributed by atoms with Gasteiger partial charge in [0.2, 0.25) is 0 Å². The number of aromatic nitrogens is 1. The Hall–Kier alpha value is -2.81. The van der Waals surface area contributed by atoms with Gasteiger partial charge in [-0.25, -0.2) is 0 Å². The maximum Gasteiger partial charge on any atom is 0.260 e. The lowest BCUT2D eigenvalue weighted by atomic mass is 10.2. The van der Waals surface area contributed by atoms with Crippen molar-refractivity contribution < 1.29 is 14.1 Å². The molecule has 6 nitrogen and oxygen atoms in total. The highest BCUT2D eigenvalue weighted by Crippen LogP contribution is 2.24. The third-order valence-electron chi connectivity index (χ3n) is 2.42. The average Bonchev–Trinajstić information content (AvgIpc) is 2.84. The van der Waals surface area contributed by atoms with Crippen LogP contribution in [0.2, 0.25) is 0 Å². The Morgan fingerprint density at radius 1 is 1.53 bits per heavy atom. The molecule has 1 N–H and O–H groups in total. The molecular formula is C13H11N3O3. The van der Waals surface area contributed by atoms with Crippen LogP contribution in [0.15, 0.2) is 35.0 Å². The number of hydrogen-bond acceptors (Lipinski definition) is 5. The molecule has 0 aliphatic heterocycles. The lowest BCUT2D eigenvalue weighted by Crippen LogP contribution is -2.13. The number of aryl methyl sites for hydroxylation is 1. The van der Waals surface area contributed by atoms with Crippen LogP contribution in [-0.4, -0.2) is 17.7 Å². The lowest BCUT2D eigenvalue weighted by molar-refractivity contribution is 0.102. The van der Waals surface area contributed by atoms with Gasteiger partial charge in [0, 0.05) is 0 Å². The van der Waals surface area contributed by atoms with Crippen molar-refractivity contribution in [2.24, 2.45) is 0 Å². The molecule has 0 saturated carbocycles. The van der Waals surface area contributed by atoms with Gasteiger partial charge in [0.15, 0.2) is 6.61 Å². The Kier molecular flexibility index (Phi) is 3.78. The zero-order chi connectivity index (χ0) is 13.7. The van der Waals surface area contributed by atoms with Gasteiger partial charge in [0.05, 0.1) is 11.9 Å². The molecule has 1 amide bonds. The second kappa shape index (κ2) is 5.69. The third-order valence-corrected chi connectivity index (χ3v) is 2.42. The molecule has 19 heavy (non-hydrogen) atoms. The van der Waals surface area contributed by atoms with E-state index < -0.39 is 0 Å². The molecule has 0 aliphatic carbocycles. The lowest BCUT2D eigenvalue weighted by Gasteiger charge is -2.09. The van der Waals surface area contributed by atoms with E-state index in [-0.39, 0.29) is 12.5 Å². The van der Waals surface area contributed by atoms with Crippen LogP contribution in [0.1, 0.15) is 16.1 Å². The zero-order valence-electron chi connectivity index (χ0n) is 10.2. The SMILES string of the molecule is Cc1oncc1C(=O)Nc1ccccc1OCC#N. The van der Waals surface area contributed by atoms with Crippen molar-refractivity contribution in [1.82, 2.24) is 5.16 Å². The molecule has 1 heterocycles. The topological polar surface area (TPSA) is 88.2 Å². The fraction of sp³-hybridized carbons (Fsp3) is 0.154. The number of rotatable bonds is 4. The molecule has 0 radical (unpaired) electrons. The molecule has 0 aliphatic rings. The maximum atomic E-state index is 12.0. The highest BCUT2D eigenvalue weighted by atomic mass is 16.5. The Morgan fingerprint density at radius 2 is 2.32 bits per heavy atom. The summed E-state index contributed by atoms with van der Waals surface area (Å²) in [4.78, 5) is 12.0. The van der Waals surface area contributed by atoms with Crippen LogP contribution in [0.25, 0.3) is 0 Å². The molecule has 1 aromatic carbocycles. The standard InChI is InChI=1S/C13H11N3O3/c1-9-10(8-15-19-9)13(17)16-11-4-2-3-5-12(11)18-7-6-14/h2-5,8H,7H2,1H3,(H,16,17). The van der Waals surface area contributed by atoms with Crippen LogP contribution < -0.4 is 10.1 Å². The monoisotopic (exact) mass is 257 g/mol. The number of nitrogens with one attached hydrogen (secondary N) is 1. The van der Waals surface area contributed by atoms with E-state index in [0.29, 0.717) is 22.8 Å². The first kappa shape index (κ1) is 12.6. The van der Waals surface area contributed by atoms with Gasteiger partial charge in [-0.05, 0) is 19.1 Å². The summed E-state index contributed by atoms with van der Waals surface area (Å²) >= 11 is 0. The molecule has 0 bridgehead atoms. The molecule has 0 fully saturated rings. The number of anilines is 1. The number of nitrogens with zero attached hydrogens (tertiary/aromatic N) is 2. The van der Waals surface area contributed by atoms with Crippen LogP contribution in [0.5, 0.6) is 5.75 Å². The summed E-state index contributed by atoms with van der Waals surface area (Å²) in [5.41, 5.74) is 0.846. The zero-order valence-corrected chi connectivity index (χ0v) is 10.2. The molecule has 0 unspecified atom stereocenters. The van der Waals surface area contributed by atoms with Gasteiger partial charge >= 0.3 is 0 Å². The normalized spacial score (nSPS) is 9.68. The molecule has 6 heteroatoms. The number of benzene rings is 1. The van der Waals surface area contributed by atoms with Crippen molar-refractivity contribution >= 4 is 11.6 Å². The summed E-state index contributed by atoms with van der Waals surface area (Å²) in [6.07, 6.45) is 1.35. The first-order valence-electron chi connectivity index (χ1n) is 5.54. The van der Waals surface area contributed by atoms with Crippen molar-refractivity contribution in [1.29, 1.82) is 5.26 Å². The molecule has 0 atom stereocenters. The maximum absolute atomic E-state index is 12.0. The van der Waals surface area contributed by atoms with Gasteiger partial charge in [0.1, 0.15) is 23.1 Å². The van der Waals surface area contributed by atoms with Gasteiger partial charge in [-0.3, -0.25) is 4.79 Å². The second-order valence-electron chi connectivity index (χ2n) is 3.69. The number of carbonyl (C=O) groups is 1. The summed E-state index contributed by atoms with van der Waals surface area (Å²) < 4.78 is 10.1. The van der Waals surface area contributed by atoms with Crippen LogP contribution in [0.3, 0.4) is 0 Å². The summed E-state index contributed by atoms with van der Waals surface area (Å²) in [5.74, 6) is 0.534. The van der Waals surface area contributed by atoms with Gasteiger partial charge < -0.3 is 14.6 Å². The molecule has 2 rings (SSSR count). The highest BCUT2D eigenvalue weighted by molar-refractivity contribution is 6.05. The van der Waals surface area contributed by atoms with E-state index in [1.165, 1.54) is 6.20 Å². The quantitative estimate of drug-likeness (QED) is 0.906. The Morgan fingerprint density at radius 3 is 3.00 bits per heavy atom. The molecule has 96 valence electrons.